The Kier molecular flexibility index (Phi) is 1.71. The van der Waals surface area contributed by atoms with E-state index in [-0.39, 0.29) is 0 Å². The third kappa shape index (κ3) is 1.15. The Morgan fingerprint density at radius 1 is 1.60 bits per heavy atom. The average molecular weight is 143 g/mol. The van der Waals surface area contributed by atoms with Crippen LogP contribution in [0.15, 0.2) is 18.3 Å². The topological polar surface area (TPSA) is 30.0 Å². The molecule has 0 unspecified atom stereocenters. The van der Waals surface area contributed by atoms with E-state index in [1.165, 1.54) is 6.07 Å². The van der Waals surface area contributed by atoms with E-state index in [0.29, 0.717) is 0 Å². The van der Waals surface area contributed by atoms with Gasteiger partial charge in [-0.3, -0.25) is 4.79 Å². The van der Waals surface area contributed by atoms with Gasteiger partial charge >= 0.3 is 6.04 Å². The second-order valence-electron chi connectivity index (χ2n) is 1.61. The van der Waals surface area contributed by atoms with Crippen LogP contribution in [-0.4, -0.2) is 11.0 Å². The van der Waals surface area contributed by atoms with Crippen LogP contribution < -0.4 is 0 Å². The summed E-state index contributed by atoms with van der Waals surface area (Å²) in [6.07, 6.45) is 1.15. The molecule has 0 saturated heterocycles. The van der Waals surface area contributed by atoms with Crippen molar-refractivity contribution in [1.82, 2.24) is 4.98 Å². The van der Waals surface area contributed by atoms with Crippen LogP contribution in [0.1, 0.15) is 10.5 Å². The molecule has 0 spiro atoms. The molecule has 0 aliphatic rings. The maximum absolute atomic E-state index is 12.3. The molecule has 1 rings (SSSR count). The lowest BCUT2D eigenvalue weighted by atomic mass is 10.3. The van der Waals surface area contributed by atoms with Gasteiger partial charge in [-0.2, -0.15) is 4.39 Å². The van der Waals surface area contributed by atoms with E-state index < -0.39 is 17.5 Å². The summed E-state index contributed by atoms with van der Waals surface area (Å²) in [4.78, 5) is 13.1. The Balaban J connectivity index is 3.15. The minimum absolute atomic E-state index is 0.762. The maximum Gasteiger partial charge on any atom is 0.353 e. The molecule has 52 valence electrons. The number of hydrogen-bond donors (Lipinski definition) is 0. The SMILES string of the molecule is O=C(F)c1ncccc1F. The number of rotatable bonds is 1. The first kappa shape index (κ1) is 6.80. The number of nitrogens with zero attached hydrogens (tertiary/aromatic N) is 1. The van der Waals surface area contributed by atoms with Crippen molar-refractivity contribution in [3.8, 4) is 0 Å². The molecule has 1 aromatic rings. The van der Waals surface area contributed by atoms with Gasteiger partial charge in [0.25, 0.3) is 0 Å². The molecular weight excluding hydrogens is 140 g/mol. The second kappa shape index (κ2) is 2.51. The van der Waals surface area contributed by atoms with Gasteiger partial charge in [-0.15, -0.1) is 0 Å². The van der Waals surface area contributed by atoms with Crippen molar-refractivity contribution in [2.45, 2.75) is 0 Å². The summed E-state index contributed by atoms with van der Waals surface area (Å²) in [7, 11) is 0. The Hall–Kier alpha value is -1.32. The summed E-state index contributed by atoms with van der Waals surface area (Å²) in [5.74, 6) is -0.935. The third-order valence-corrected chi connectivity index (χ3v) is 0.945. The predicted molar refractivity (Wildman–Crippen MR) is 29.6 cm³/mol. The third-order valence-electron chi connectivity index (χ3n) is 0.945. The molecule has 0 radical (unpaired) electrons. The zero-order valence-corrected chi connectivity index (χ0v) is 4.84. The van der Waals surface area contributed by atoms with E-state index >= 15 is 0 Å². The standard InChI is InChI=1S/C6H3F2NO/c7-4-2-1-3-9-5(4)6(8)10/h1-3H. The summed E-state index contributed by atoms with van der Waals surface area (Å²) in [5.41, 5.74) is -0.762. The highest BCUT2D eigenvalue weighted by molar-refractivity contribution is 5.86. The normalized spacial score (nSPS) is 9.40. The van der Waals surface area contributed by atoms with Gasteiger partial charge in [0.1, 0.15) is 0 Å². The van der Waals surface area contributed by atoms with Crippen molar-refractivity contribution in [2.24, 2.45) is 0 Å². The lowest BCUT2D eigenvalue weighted by Crippen LogP contribution is -1.97. The predicted octanol–water partition coefficient (Wildman–Crippen LogP) is 1.33. The molecule has 0 saturated carbocycles. The lowest BCUT2D eigenvalue weighted by Gasteiger charge is -1.90. The fraction of sp³-hybridized carbons (Fsp3) is 0. The Bertz CT molecular complexity index is 262. The van der Waals surface area contributed by atoms with Crippen LogP contribution in [0.25, 0.3) is 0 Å². The molecule has 0 amide bonds. The Morgan fingerprint density at radius 3 is 2.70 bits per heavy atom. The zero-order chi connectivity index (χ0) is 7.56. The number of carbonyl (C=O) groups excluding carboxylic acids is 1. The number of aromatic nitrogens is 1. The van der Waals surface area contributed by atoms with Gasteiger partial charge in [0.05, 0.1) is 0 Å². The highest BCUT2D eigenvalue weighted by atomic mass is 19.1. The van der Waals surface area contributed by atoms with E-state index in [2.05, 4.69) is 4.98 Å². The van der Waals surface area contributed by atoms with E-state index in [1.807, 2.05) is 0 Å². The summed E-state index contributed by atoms with van der Waals surface area (Å²) < 4.78 is 24.1. The summed E-state index contributed by atoms with van der Waals surface area (Å²) in [6, 6.07) is 0.403. The maximum atomic E-state index is 12.3. The van der Waals surface area contributed by atoms with Crippen molar-refractivity contribution in [3.63, 3.8) is 0 Å². The molecule has 10 heavy (non-hydrogen) atoms. The number of carbonyl (C=O) groups is 1. The van der Waals surface area contributed by atoms with Crippen molar-refractivity contribution in [1.29, 1.82) is 0 Å². The van der Waals surface area contributed by atoms with Crippen molar-refractivity contribution in [2.75, 3.05) is 0 Å². The first-order chi connectivity index (χ1) is 4.72. The molecule has 0 bridgehead atoms. The zero-order valence-electron chi connectivity index (χ0n) is 4.84. The first-order valence-corrected chi connectivity index (χ1v) is 2.52. The van der Waals surface area contributed by atoms with Crippen LogP contribution in [0.5, 0.6) is 0 Å². The Morgan fingerprint density at radius 2 is 2.30 bits per heavy atom. The molecule has 0 aliphatic heterocycles. The van der Waals surface area contributed by atoms with Gasteiger partial charge in [0.15, 0.2) is 11.5 Å². The molecule has 0 aromatic carbocycles. The van der Waals surface area contributed by atoms with Gasteiger partial charge in [-0.25, -0.2) is 9.37 Å². The van der Waals surface area contributed by atoms with Crippen LogP contribution in [0, 0.1) is 5.82 Å². The molecule has 4 heteroatoms. The van der Waals surface area contributed by atoms with Crippen LogP contribution >= 0.6 is 0 Å². The van der Waals surface area contributed by atoms with E-state index in [9.17, 15) is 13.6 Å². The van der Waals surface area contributed by atoms with Crippen LogP contribution in [-0.2, 0) is 0 Å². The summed E-state index contributed by atoms with van der Waals surface area (Å²) >= 11 is 0. The number of pyridine rings is 1. The quantitative estimate of drug-likeness (QED) is 0.555. The molecule has 0 atom stereocenters. The van der Waals surface area contributed by atoms with Crippen molar-refractivity contribution < 1.29 is 13.6 Å². The van der Waals surface area contributed by atoms with Gasteiger partial charge < -0.3 is 0 Å². The highest BCUT2D eigenvalue weighted by Crippen LogP contribution is 2.02. The monoisotopic (exact) mass is 143 g/mol. The fourth-order valence-electron chi connectivity index (χ4n) is 0.530. The van der Waals surface area contributed by atoms with Crippen LogP contribution in [0.4, 0.5) is 8.78 Å². The molecule has 0 aliphatic carbocycles. The number of hydrogen-bond acceptors (Lipinski definition) is 2. The minimum Gasteiger partial charge on any atom is -0.253 e. The van der Waals surface area contributed by atoms with E-state index in [1.54, 1.807) is 0 Å². The minimum atomic E-state index is -1.85. The van der Waals surface area contributed by atoms with Gasteiger partial charge in [-0.1, -0.05) is 0 Å². The highest BCUT2D eigenvalue weighted by Gasteiger charge is 2.09. The van der Waals surface area contributed by atoms with Crippen molar-refractivity contribution >= 4 is 6.04 Å². The fourth-order valence-corrected chi connectivity index (χ4v) is 0.530. The van der Waals surface area contributed by atoms with Gasteiger partial charge in [0, 0.05) is 6.20 Å². The van der Waals surface area contributed by atoms with Crippen LogP contribution in [0.2, 0.25) is 0 Å². The lowest BCUT2D eigenvalue weighted by molar-refractivity contribution is 0.0825. The molecule has 2 nitrogen and oxygen atoms in total. The van der Waals surface area contributed by atoms with E-state index in [4.69, 9.17) is 0 Å². The number of halogens is 2. The Labute approximate surface area is 55.5 Å². The van der Waals surface area contributed by atoms with Crippen LogP contribution in [0.3, 0.4) is 0 Å². The molecule has 1 heterocycles. The largest absolute Gasteiger partial charge is 0.353 e. The summed E-state index contributed by atoms with van der Waals surface area (Å²) in [6.45, 7) is 0. The van der Waals surface area contributed by atoms with E-state index in [0.717, 1.165) is 12.3 Å². The molecule has 1 aromatic heterocycles. The average Bonchev–Trinajstić information content (AvgIpc) is 1.88. The second-order valence-corrected chi connectivity index (χ2v) is 1.61. The van der Waals surface area contributed by atoms with Crippen molar-refractivity contribution in [3.05, 3.63) is 29.8 Å². The van der Waals surface area contributed by atoms with Gasteiger partial charge in [-0.05, 0) is 12.1 Å². The van der Waals surface area contributed by atoms with Gasteiger partial charge in [0.2, 0.25) is 0 Å². The molecule has 0 fully saturated rings. The molecule has 0 N–H and O–H groups in total. The molecular formula is C6H3F2NO. The smallest absolute Gasteiger partial charge is 0.253 e. The first-order valence-electron chi connectivity index (χ1n) is 2.52. The summed E-state index contributed by atoms with van der Waals surface area (Å²) in [5, 5.41) is 0.